The fraction of sp³-hybridized carbons (Fsp3) is 0.444. The first-order valence-electron chi connectivity index (χ1n) is 13.2. The van der Waals surface area contributed by atoms with Crippen molar-refractivity contribution in [3.63, 3.8) is 0 Å². The van der Waals surface area contributed by atoms with Gasteiger partial charge in [0.1, 0.15) is 6.04 Å². The van der Waals surface area contributed by atoms with Gasteiger partial charge in [0.25, 0.3) is 5.91 Å². The van der Waals surface area contributed by atoms with E-state index in [9.17, 15) is 9.59 Å². The van der Waals surface area contributed by atoms with Gasteiger partial charge in [0.15, 0.2) is 17.3 Å². The van der Waals surface area contributed by atoms with Crippen molar-refractivity contribution < 1.29 is 23.8 Å². The van der Waals surface area contributed by atoms with Gasteiger partial charge in [-0.3, -0.25) is 14.5 Å². The summed E-state index contributed by atoms with van der Waals surface area (Å²) in [5.74, 6) is 2.56. The molecule has 2 aromatic carbocycles. The third kappa shape index (κ3) is 4.65. The Morgan fingerprint density at radius 1 is 1.26 bits per heavy atom. The number of benzene rings is 2. The Labute approximate surface area is 225 Å². The molecular formula is C27H31N7O5. The van der Waals surface area contributed by atoms with Crippen molar-refractivity contribution in [3.05, 3.63) is 52.8 Å². The van der Waals surface area contributed by atoms with Crippen molar-refractivity contribution in [3.8, 4) is 22.9 Å². The Morgan fingerprint density at radius 2 is 2.10 bits per heavy atom. The number of carbonyl (C=O) groups excluding carboxylic acids is 2. The van der Waals surface area contributed by atoms with Crippen molar-refractivity contribution in [1.82, 2.24) is 35.7 Å². The number of tetrazole rings is 1. The standard InChI is InChI=1S/C27H31N7O5/c1-33-13-10-18-14-20-23(39-15-38-20)24(37-2)21(18)22(33)25-30-31-32-34(25)19-7-5-17(6-8-19)27(36)28-11-3-4-16-9-12-29-26(16)35/h5-8,14,16,22H,3-4,9-13,15H2,1-2H3,(H,28,36)(H,29,35)/t16-,22-/m1/s1. The maximum atomic E-state index is 12.7. The molecule has 204 valence electrons. The Morgan fingerprint density at radius 3 is 2.87 bits per heavy atom. The van der Waals surface area contributed by atoms with E-state index in [-0.39, 0.29) is 30.6 Å². The first kappa shape index (κ1) is 25.1. The fourth-order valence-corrected chi connectivity index (χ4v) is 5.63. The Bertz CT molecular complexity index is 1390. The van der Waals surface area contributed by atoms with E-state index in [1.165, 1.54) is 0 Å². The van der Waals surface area contributed by atoms with Crippen molar-refractivity contribution >= 4 is 11.8 Å². The summed E-state index contributed by atoms with van der Waals surface area (Å²) in [4.78, 5) is 26.6. The molecule has 0 radical (unpaired) electrons. The molecule has 0 unspecified atom stereocenters. The molecule has 1 aromatic heterocycles. The molecule has 12 nitrogen and oxygen atoms in total. The second-order valence-electron chi connectivity index (χ2n) is 10.0. The van der Waals surface area contributed by atoms with Crippen LogP contribution in [0.25, 0.3) is 5.69 Å². The van der Waals surface area contributed by atoms with E-state index in [1.54, 1.807) is 23.9 Å². The molecule has 0 bridgehead atoms. The molecule has 3 aromatic rings. The first-order chi connectivity index (χ1) is 19.0. The van der Waals surface area contributed by atoms with Crippen LogP contribution in [-0.2, 0) is 11.2 Å². The highest BCUT2D eigenvalue weighted by Gasteiger charge is 2.37. The number of ether oxygens (including phenoxy) is 3. The maximum Gasteiger partial charge on any atom is 0.251 e. The molecule has 1 saturated heterocycles. The van der Waals surface area contributed by atoms with Gasteiger partial charge in [0.2, 0.25) is 18.4 Å². The van der Waals surface area contributed by atoms with Gasteiger partial charge in [0, 0.05) is 36.7 Å². The van der Waals surface area contributed by atoms with Gasteiger partial charge < -0.3 is 24.8 Å². The van der Waals surface area contributed by atoms with Crippen molar-refractivity contribution in [1.29, 1.82) is 0 Å². The number of hydrogen-bond acceptors (Lipinski definition) is 9. The molecule has 3 aliphatic rings. The predicted octanol–water partition coefficient (Wildman–Crippen LogP) is 1.62. The summed E-state index contributed by atoms with van der Waals surface area (Å²) < 4.78 is 18.9. The van der Waals surface area contributed by atoms with Crippen molar-refractivity contribution in [2.45, 2.75) is 31.7 Å². The minimum Gasteiger partial charge on any atom is -0.492 e. The van der Waals surface area contributed by atoms with Gasteiger partial charge in [-0.05, 0) is 79.1 Å². The summed E-state index contributed by atoms with van der Waals surface area (Å²) >= 11 is 0. The molecular weight excluding hydrogens is 502 g/mol. The number of carbonyl (C=O) groups is 2. The van der Waals surface area contributed by atoms with Crippen LogP contribution in [0.4, 0.5) is 0 Å². The number of amides is 2. The van der Waals surface area contributed by atoms with Gasteiger partial charge in [-0.15, -0.1) is 5.10 Å². The van der Waals surface area contributed by atoms with E-state index in [1.807, 2.05) is 25.2 Å². The molecule has 12 heteroatoms. The monoisotopic (exact) mass is 533 g/mol. The van der Waals surface area contributed by atoms with E-state index in [4.69, 9.17) is 14.2 Å². The number of fused-ring (bicyclic) bond motifs is 2. The molecule has 0 aliphatic carbocycles. The van der Waals surface area contributed by atoms with E-state index in [0.29, 0.717) is 35.2 Å². The van der Waals surface area contributed by atoms with E-state index >= 15 is 0 Å². The highest BCUT2D eigenvalue weighted by atomic mass is 16.7. The molecule has 2 atom stereocenters. The number of likely N-dealkylation sites (N-methyl/N-ethyl adjacent to an activating group) is 1. The van der Waals surface area contributed by atoms with Gasteiger partial charge in [-0.2, -0.15) is 4.68 Å². The minimum atomic E-state index is -0.280. The lowest BCUT2D eigenvalue weighted by molar-refractivity contribution is -0.122. The largest absolute Gasteiger partial charge is 0.492 e. The summed E-state index contributed by atoms with van der Waals surface area (Å²) in [6, 6.07) is 8.93. The van der Waals surface area contributed by atoms with Crippen LogP contribution in [0.5, 0.6) is 17.2 Å². The SMILES string of the molecule is COc1c2c(cc3c1[C@H](c1nnnn1-c1ccc(C(=O)NCCC[C@@H]4CCNC4=O)cc1)N(C)CC3)OCO2. The summed E-state index contributed by atoms with van der Waals surface area (Å²) in [5.41, 5.74) is 3.34. The number of methoxy groups -OCH3 is 1. The smallest absolute Gasteiger partial charge is 0.251 e. The second kappa shape index (κ2) is 10.5. The predicted molar refractivity (Wildman–Crippen MR) is 139 cm³/mol. The molecule has 39 heavy (non-hydrogen) atoms. The molecule has 2 amide bonds. The maximum absolute atomic E-state index is 12.7. The lowest BCUT2D eigenvalue weighted by atomic mass is 9.90. The first-order valence-corrected chi connectivity index (χ1v) is 13.2. The lowest BCUT2D eigenvalue weighted by Gasteiger charge is -2.34. The van der Waals surface area contributed by atoms with Crippen LogP contribution >= 0.6 is 0 Å². The summed E-state index contributed by atoms with van der Waals surface area (Å²) in [7, 11) is 3.66. The second-order valence-corrected chi connectivity index (χ2v) is 10.0. The Balaban J connectivity index is 1.20. The molecule has 3 aliphatic heterocycles. The number of aromatic nitrogens is 4. The molecule has 0 spiro atoms. The average molecular weight is 534 g/mol. The minimum absolute atomic E-state index is 0.0589. The number of nitrogens with one attached hydrogen (secondary N) is 2. The molecule has 1 fully saturated rings. The molecule has 4 heterocycles. The summed E-state index contributed by atoms with van der Waals surface area (Å²) in [6.45, 7) is 2.23. The van der Waals surface area contributed by atoms with E-state index in [0.717, 1.165) is 55.6 Å². The average Bonchev–Trinajstić information content (AvgIpc) is 3.71. The fourth-order valence-electron chi connectivity index (χ4n) is 5.63. The number of rotatable bonds is 8. The highest BCUT2D eigenvalue weighted by Crippen LogP contribution is 2.50. The molecule has 6 rings (SSSR count). The quantitative estimate of drug-likeness (QED) is 0.415. The van der Waals surface area contributed by atoms with Crippen LogP contribution in [0.15, 0.2) is 30.3 Å². The van der Waals surface area contributed by atoms with Gasteiger partial charge in [-0.1, -0.05) is 0 Å². The van der Waals surface area contributed by atoms with Crippen LogP contribution in [-0.4, -0.2) is 77.5 Å². The summed E-state index contributed by atoms with van der Waals surface area (Å²) in [5, 5.41) is 18.5. The normalized spacial score (nSPS) is 20.0. The van der Waals surface area contributed by atoms with Crippen molar-refractivity contribution in [2.75, 3.05) is 40.6 Å². The zero-order chi connectivity index (χ0) is 26.9. The molecule has 0 saturated carbocycles. The Hall–Kier alpha value is -4.19. The van der Waals surface area contributed by atoms with Gasteiger partial charge in [0.05, 0.1) is 12.8 Å². The van der Waals surface area contributed by atoms with Crippen LogP contribution in [0.1, 0.15) is 52.6 Å². The van der Waals surface area contributed by atoms with E-state index in [2.05, 4.69) is 31.1 Å². The third-order valence-electron chi connectivity index (χ3n) is 7.69. The number of hydrogen-bond donors (Lipinski definition) is 2. The third-order valence-corrected chi connectivity index (χ3v) is 7.69. The van der Waals surface area contributed by atoms with Crippen LogP contribution in [0.3, 0.4) is 0 Å². The topological polar surface area (TPSA) is 133 Å². The van der Waals surface area contributed by atoms with Crippen LogP contribution in [0.2, 0.25) is 0 Å². The summed E-state index contributed by atoms with van der Waals surface area (Å²) in [6.07, 6.45) is 3.23. The molecule has 2 N–H and O–H groups in total. The van der Waals surface area contributed by atoms with Crippen molar-refractivity contribution in [2.24, 2.45) is 5.92 Å². The van der Waals surface area contributed by atoms with Crippen LogP contribution < -0.4 is 24.8 Å². The van der Waals surface area contributed by atoms with Gasteiger partial charge >= 0.3 is 0 Å². The highest BCUT2D eigenvalue weighted by molar-refractivity contribution is 5.94. The zero-order valence-corrected chi connectivity index (χ0v) is 22.0. The Kier molecular flexibility index (Phi) is 6.77. The lowest BCUT2D eigenvalue weighted by Crippen LogP contribution is -2.35. The zero-order valence-electron chi connectivity index (χ0n) is 22.0. The van der Waals surface area contributed by atoms with Crippen LogP contribution in [0, 0.1) is 5.92 Å². The van der Waals surface area contributed by atoms with E-state index < -0.39 is 0 Å². The van der Waals surface area contributed by atoms with Gasteiger partial charge in [-0.25, -0.2) is 0 Å². The number of nitrogens with zero attached hydrogens (tertiary/aromatic N) is 5.